The molecule has 2 aromatic rings. The lowest BCUT2D eigenvalue weighted by atomic mass is 9.98. The van der Waals surface area contributed by atoms with E-state index in [1.54, 1.807) is 18.2 Å². The van der Waals surface area contributed by atoms with Gasteiger partial charge in [0.05, 0.1) is 6.10 Å². The number of carbonyl (C=O) groups excluding carboxylic acids is 2. The van der Waals surface area contributed by atoms with E-state index in [-0.39, 0.29) is 11.8 Å². The molecular weight excluding hydrogens is 366 g/mol. The van der Waals surface area contributed by atoms with Gasteiger partial charge in [0.25, 0.3) is 11.8 Å². The highest BCUT2D eigenvalue weighted by molar-refractivity contribution is 6.00. The second-order valence-electron chi connectivity index (χ2n) is 6.95. The summed E-state index contributed by atoms with van der Waals surface area (Å²) in [5.41, 5.74) is 2.36. The van der Waals surface area contributed by atoms with Crippen LogP contribution >= 0.6 is 0 Å². The Kier molecular flexibility index (Phi) is 9.34. The lowest BCUT2D eigenvalue weighted by molar-refractivity contribution is 0.0945. The van der Waals surface area contributed by atoms with Gasteiger partial charge in [-0.25, -0.2) is 0 Å². The minimum absolute atomic E-state index is 0.223. The first-order valence-electron chi connectivity index (χ1n) is 10.2. The molecule has 2 amide bonds. The smallest absolute Gasteiger partial charge is 0.251 e. The molecule has 0 aliphatic rings. The highest BCUT2D eigenvalue weighted by atomic mass is 16.3. The lowest BCUT2D eigenvalue weighted by Crippen LogP contribution is -2.29. The Labute approximate surface area is 172 Å². The van der Waals surface area contributed by atoms with Gasteiger partial charge >= 0.3 is 0 Å². The zero-order chi connectivity index (χ0) is 21.1. The Bertz CT molecular complexity index is 793. The molecule has 0 saturated heterocycles. The molecule has 156 valence electrons. The molecule has 0 aromatic heterocycles. The minimum Gasteiger partial charge on any atom is -0.387 e. The van der Waals surface area contributed by atoms with E-state index in [0.29, 0.717) is 42.9 Å². The summed E-state index contributed by atoms with van der Waals surface area (Å²) in [6.07, 6.45) is 0.770. The molecule has 6 heteroatoms. The molecule has 0 bridgehead atoms. The zero-order valence-corrected chi connectivity index (χ0v) is 17.2. The molecule has 1 unspecified atom stereocenters. The molecule has 0 aliphatic heterocycles. The van der Waals surface area contributed by atoms with Gasteiger partial charge in [-0.2, -0.15) is 0 Å². The predicted molar refractivity (Wildman–Crippen MR) is 115 cm³/mol. The zero-order valence-electron chi connectivity index (χ0n) is 17.2. The van der Waals surface area contributed by atoms with E-state index in [2.05, 4.69) is 16.0 Å². The van der Waals surface area contributed by atoms with E-state index in [1.165, 1.54) is 0 Å². The molecule has 29 heavy (non-hydrogen) atoms. The van der Waals surface area contributed by atoms with Crippen LogP contribution < -0.4 is 16.0 Å². The maximum absolute atomic E-state index is 12.6. The van der Waals surface area contributed by atoms with Gasteiger partial charge in [0, 0.05) is 37.3 Å². The highest BCUT2D eigenvalue weighted by Crippen LogP contribution is 2.20. The monoisotopic (exact) mass is 397 g/mol. The second kappa shape index (κ2) is 12.0. The number of carbonyl (C=O) groups is 2. The summed E-state index contributed by atoms with van der Waals surface area (Å²) >= 11 is 0. The van der Waals surface area contributed by atoms with Crippen LogP contribution in [0.4, 0.5) is 0 Å². The SMILES string of the molecule is CCCNC(=O)c1ccc(C(O)CNCc2ccccc2)c(C(=O)NCCC)c1. The van der Waals surface area contributed by atoms with E-state index in [4.69, 9.17) is 0 Å². The standard InChI is InChI=1S/C23H31N3O3/c1-3-12-25-22(28)18-10-11-19(20(14-18)23(29)26-13-4-2)21(27)16-24-15-17-8-6-5-7-9-17/h5-11,14,21,24,27H,3-4,12-13,15-16H2,1-2H3,(H,25,28)(H,26,29). The van der Waals surface area contributed by atoms with Gasteiger partial charge in [-0.1, -0.05) is 50.2 Å². The summed E-state index contributed by atoms with van der Waals surface area (Å²) in [5.74, 6) is -0.506. The van der Waals surface area contributed by atoms with E-state index in [1.807, 2.05) is 44.2 Å². The molecule has 6 nitrogen and oxygen atoms in total. The highest BCUT2D eigenvalue weighted by Gasteiger charge is 2.19. The third-order valence-electron chi connectivity index (χ3n) is 4.50. The lowest BCUT2D eigenvalue weighted by Gasteiger charge is -2.17. The number of aliphatic hydroxyl groups is 1. The summed E-state index contributed by atoms with van der Waals surface area (Å²) < 4.78 is 0. The molecule has 0 saturated carbocycles. The van der Waals surface area contributed by atoms with Crippen molar-refractivity contribution < 1.29 is 14.7 Å². The molecule has 0 radical (unpaired) electrons. The molecule has 1 atom stereocenters. The number of hydrogen-bond acceptors (Lipinski definition) is 4. The normalized spacial score (nSPS) is 11.7. The van der Waals surface area contributed by atoms with Crippen molar-refractivity contribution in [3.63, 3.8) is 0 Å². The van der Waals surface area contributed by atoms with Crippen molar-refractivity contribution in [2.45, 2.75) is 39.3 Å². The van der Waals surface area contributed by atoms with E-state index >= 15 is 0 Å². The Morgan fingerprint density at radius 1 is 0.931 bits per heavy atom. The maximum atomic E-state index is 12.6. The average Bonchev–Trinajstić information content (AvgIpc) is 2.76. The van der Waals surface area contributed by atoms with Crippen molar-refractivity contribution in [2.24, 2.45) is 0 Å². The van der Waals surface area contributed by atoms with Crippen molar-refractivity contribution in [1.29, 1.82) is 0 Å². The van der Waals surface area contributed by atoms with Gasteiger partial charge in [0.2, 0.25) is 0 Å². The number of nitrogens with one attached hydrogen (secondary N) is 3. The van der Waals surface area contributed by atoms with Crippen LogP contribution in [0.3, 0.4) is 0 Å². The minimum atomic E-state index is -0.867. The van der Waals surface area contributed by atoms with E-state index in [0.717, 1.165) is 18.4 Å². The van der Waals surface area contributed by atoms with Crippen LogP contribution in [0.1, 0.15) is 64.6 Å². The number of aliphatic hydroxyl groups excluding tert-OH is 1. The number of benzene rings is 2. The third-order valence-corrected chi connectivity index (χ3v) is 4.50. The van der Waals surface area contributed by atoms with Crippen LogP contribution in [0.25, 0.3) is 0 Å². The summed E-state index contributed by atoms with van der Waals surface area (Å²) in [6.45, 7) is 5.97. The van der Waals surface area contributed by atoms with Crippen molar-refractivity contribution in [1.82, 2.24) is 16.0 Å². The second-order valence-corrected chi connectivity index (χ2v) is 6.95. The summed E-state index contributed by atoms with van der Waals surface area (Å²) in [5, 5.41) is 19.5. The van der Waals surface area contributed by atoms with E-state index in [9.17, 15) is 14.7 Å². The molecule has 0 aliphatic carbocycles. The Balaban J connectivity index is 2.14. The summed E-state index contributed by atoms with van der Waals surface area (Å²) in [7, 11) is 0. The third kappa shape index (κ3) is 7.00. The average molecular weight is 398 g/mol. The van der Waals surface area contributed by atoms with E-state index < -0.39 is 6.10 Å². The molecule has 4 N–H and O–H groups in total. The fraction of sp³-hybridized carbons (Fsp3) is 0.391. The molecule has 0 heterocycles. The van der Waals surface area contributed by atoms with Crippen LogP contribution in [0.5, 0.6) is 0 Å². The topological polar surface area (TPSA) is 90.5 Å². The van der Waals surface area contributed by atoms with Crippen LogP contribution in [0.15, 0.2) is 48.5 Å². The van der Waals surface area contributed by atoms with Gasteiger partial charge in [0.1, 0.15) is 0 Å². The first-order valence-corrected chi connectivity index (χ1v) is 10.2. The number of hydrogen-bond donors (Lipinski definition) is 4. The Morgan fingerprint density at radius 2 is 1.59 bits per heavy atom. The number of rotatable bonds is 11. The van der Waals surface area contributed by atoms with Gasteiger partial charge in [-0.15, -0.1) is 0 Å². The molecule has 0 spiro atoms. The van der Waals surface area contributed by atoms with Crippen LogP contribution in [0, 0.1) is 0 Å². The predicted octanol–water partition coefficient (Wildman–Crippen LogP) is 2.79. The van der Waals surface area contributed by atoms with Gasteiger partial charge in [0.15, 0.2) is 0 Å². The van der Waals surface area contributed by atoms with Crippen molar-refractivity contribution >= 4 is 11.8 Å². The van der Waals surface area contributed by atoms with Crippen LogP contribution in [-0.4, -0.2) is 36.6 Å². The molecule has 2 aromatic carbocycles. The van der Waals surface area contributed by atoms with Gasteiger partial charge < -0.3 is 21.1 Å². The largest absolute Gasteiger partial charge is 0.387 e. The molecular formula is C23H31N3O3. The Morgan fingerprint density at radius 3 is 2.24 bits per heavy atom. The van der Waals surface area contributed by atoms with Crippen molar-refractivity contribution in [3.8, 4) is 0 Å². The molecule has 2 rings (SSSR count). The Hall–Kier alpha value is -2.70. The van der Waals surface area contributed by atoms with Crippen molar-refractivity contribution in [2.75, 3.05) is 19.6 Å². The van der Waals surface area contributed by atoms with Crippen molar-refractivity contribution in [3.05, 3.63) is 70.8 Å². The van der Waals surface area contributed by atoms with Crippen LogP contribution in [0.2, 0.25) is 0 Å². The quantitative estimate of drug-likeness (QED) is 0.469. The van der Waals surface area contributed by atoms with Crippen LogP contribution in [-0.2, 0) is 6.54 Å². The van der Waals surface area contributed by atoms with Gasteiger partial charge in [-0.05, 0) is 36.1 Å². The first kappa shape index (κ1) is 22.6. The fourth-order valence-corrected chi connectivity index (χ4v) is 2.92. The first-order chi connectivity index (χ1) is 14.1. The fourth-order valence-electron chi connectivity index (χ4n) is 2.92. The summed E-state index contributed by atoms with van der Waals surface area (Å²) in [6, 6.07) is 14.8. The maximum Gasteiger partial charge on any atom is 0.251 e. The van der Waals surface area contributed by atoms with Gasteiger partial charge in [-0.3, -0.25) is 9.59 Å². The summed E-state index contributed by atoms with van der Waals surface area (Å²) in [4.78, 5) is 24.9. The number of amides is 2. The molecule has 0 fully saturated rings.